The molecule has 1 aromatic heterocycles. The van der Waals surface area contributed by atoms with Crippen molar-refractivity contribution in [3.8, 4) is 11.4 Å². The number of amides is 3. The van der Waals surface area contributed by atoms with Gasteiger partial charge in [-0.25, -0.2) is 4.79 Å². The molecule has 5 rings (SSSR count). The minimum atomic E-state index is -0.710. The second-order valence-corrected chi connectivity index (χ2v) is 8.20. The van der Waals surface area contributed by atoms with Crippen molar-refractivity contribution in [3.05, 3.63) is 108 Å². The van der Waals surface area contributed by atoms with Crippen LogP contribution in [0.15, 0.2) is 89.5 Å². The van der Waals surface area contributed by atoms with Gasteiger partial charge in [0.25, 0.3) is 5.91 Å². The number of aromatic nitrogens is 2. The maximum atomic E-state index is 13.4. The molecule has 2 heterocycles. The summed E-state index contributed by atoms with van der Waals surface area (Å²) >= 11 is 0. The van der Waals surface area contributed by atoms with E-state index in [1.54, 1.807) is 4.90 Å². The van der Waals surface area contributed by atoms with Gasteiger partial charge in [0.05, 0.1) is 0 Å². The Kier molecular flexibility index (Phi) is 5.91. The van der Waals surface area contributed by atoms with Crippen molar-refractivity contribution < 1.29 is 14.1 Å². The highest BCUT2D eigenvalue weighted by Crippen LogP contribution is 2.33. The van der Waals surface area contributed by atoms with Gasteiger partial charge in [0.15, 0.2) is 0 Å². The van der Waals surface area contributed by atoms with Crippen LogP contribution in [0.5, 0.6) is 0 Å². The number of hydrogen-bond acceptors (Lipinski definition) is 5. The first-order valence-corrected chi connectivity index (χ1v) is 11.3. The van der Waals surface area contributed by atoms with Gasteiger partial charge < -0.3 is 9.42 Å². The first-order valence-electron chi connectivity index (χ1n) is 11.3. The van der Waals surface area contributed by atoms with Crippen LogP contribution in [0.3, 0.4) is 0 Å². The van der Waals surface area contributed by atoms with Crippen molar-refractivity contribution in [2.45, 2.75) is 32.5 Å². The smallest absolute Gasteiger partial charge is 0.328 e. The maximum Gasteiger partial charge on any atom is 0.328 e. The minimum absolute atomic E-state index is 0.0771. The summed E-state index contributed by atoms with van der Waals surface area (Å²) in [4.78, 5) is 34.1. The van der Waals surface area contributed by atoms with Gasteiger partial charge in [-0.1, -0.05) is 97.0 Å². The second-order valence-electron chi connectivity index (χ2n) is 8.20. The van der Waals surface area contributed by atoms with Crippen molar-refractivity contribution in [1.29, 1.82) is 0 Å². The molecule has 1 saturated heterocycles. The summed E-state index contributed by atoms with van der Waals surface area (Å²) in [5.41, 5.74) is 3.74. The lowest BCUT2D eigenvalue weighted by molar-refractivity contribution is -0.129. The fraction of sp³-hybridized carbons (Fsp3) is 0.185. The summed E-state index contributed by atoms with van der Waals surface area (Å²) in [5, 5.41) is 4.05. The fourth-order valence-corrected chi connectivity index (χ4v) is 4.14. The molecule has 1 unspecified atom stereocenters. The first kappa shape index (κ1) is 21.6. The third kappa shape index (κ3) is 4.20. The van der Waals surface area contributed by atoms with Gasteiger partial charge in [-0.2, -0.15) is 4.98 Å². The molecule has 0 bridgehead atoms. The van der Waals surface area contributed by atoms with Crippen molar-refractivity contribution in [2.24, 2.45) is 0 Å². The van der Waals surface area contributed by atoms with E-state index in [1.165, 1.54) is 10.5 Å². The Morgan fingerprint density at radius 1 is 0.824 bits per heavy atom. The predicted octanol–water partition coefficient (Wildman–Crippen LogP) is 5.00. The van der Waals surface area contributed by atoms with Crippen molar-refractivity contribution in [1.82, 2.24) is 19.9 Å². The number of carbonyl (C=O) groups is 2. The average molecular weight is 453 g/mol. The monoisotopic (exact) mass is 452 g/mol. The van der Waals surface area contributed by atoms with E-state index in [4.69, 9.17) is 4.52 Å². The Morgan fingerprint density at radius 3 is 2.18 bits per heavy atom. The third-order valence-corrected chi connectivity index (χ3v) is 5.98. The van der Waals surface area contributed by atoms with Crippen molar-refractivity contribution in [2.75, 3.05) is 0 Å². The highest BCUT2D eigenvalue weighted by Gasteiger charge is 2.46. The van der Waals surface area contributed by atoms with Gasteiger partial charge in [-0.05, 0) is 23.1 Å². The van der Waals surface area contributed by atoms with Gasteiger partial charge in [0.1, 0.15) is 12.6 Å². The molecule has 1 aliphatic rings. The molecule has 3 aromatic carbocycles. The SMILES string of the molecule is CCc1ccc(-c2noc(CN3C(=O)C(c4ccccc4)N(Cc4ccccc4)C3=O)n2)cc1. The molecule has 0 spiro atoms. The molecule has 0 N–H and O–H groups in total. The van der Waals surface area contributed by atoms with Crippen LogP contribution in [0.2, 0.25) is 0 Å². The van der Waals surface area contributed by atoms with E-state index in [0.29, 0.717) is 12.4 Å². The van der Waals surface area contributed by atoms with Crippen LogP contribution >= 0.6 is 0 Å². The summed E-state index contributed by atoms with van der Waals surface area (Å²) in [6.45, 7) is 2.34. The lowest BCUT2D eigenvalue weighted by Crippen LogP contribution is -2.32. The fourth-order valence-electron chi connectivity index (χ4n) is 4.14. The minimum Gasteiger partial charge on any atom is -0.337 e. The molecular formula is C27H24N4O3. The van der Waals surface area contributed by atoms with Crippen LogP contribution in [0.25, 0.3) is 11.4 Å². The van der Waals surface area contributed by atoms with Crippen molar-refractivity contribution >= 4 is 11.9 Å². The number of urea groups is 1. The molecule has 7 heteroatoms. The Labute approximate surface area is 197 Å². The number of aryl methyl sites for hydroxylation is 1. The first-order chi connectivity index (χ1) is 16.6. The van der Waals surface area contributed by atoms with Crippen LogP contribution in [0, 0.1) is 0 Å². The summed E-state index contributed by atoms with van der Waals surface area (Å²) in [5.74, 6) is 0.335. The van der Waals surface area contributed by atoms with E-state index in [9.17, 15) is 9.59 Å². The Balaban J connectivity index is 1.41. The molecule has 0 aliphatic carbocycles. The molecule has 0 radical (unpaired) electrons. The van der Waals surface area contributed by atoms with Gasteiger partial charge in [0, 0.05) is 12.1 Å². The largest absolute Gasteiger partial charge is 0.337 e. The molecule has 3 amide bonds. The Bertz CT molecular complexity index is 1290. The molecule has 4 aromatic rings. The molecular weight excluding hydrogens is 428 g/mol. The van der Waals surface area contributed by atoms with E-state index in [2.05, 4.69) is 17.1 Å². The maximum absolute atomic E-state index is 13.4. The van der Waals surface area contributed by atoms with Crippen molar-refractivity contribution in [3.63, 3.8) is 0 Å². The van der Waals surface area contributed by atoms with Crippen LogP contribution < -0.4 is 0 Å². The lowest BCUT2D eigenvalue weighted by Gasteiger charge is -2.22. The highest BCUT2D eigenvalue weighted by atomic mass is 16.5. The summed E-state index contributed by atoms with van der Waals surface area (Å²) in [6, 6.07) is 25.8. The predicted molar refractivity (Wildman–Crippen MR) is 126 cm³/mol. The molecule has 7 nitrogen and oxygen atoms in total. The number of carbonyl (C=O) groups excluding carboxylic acids is 2. The van der Waals surface area contributed by atoms with Gasteiger partial charge in [-0.15, -0.1) is 0 Å². The van der Waals surface area contributed by atoms with Gasteiger partial charge in [0.2, 0.25) is 11.7 Å². The van der Waals surface area contributed by atoms with E-state index in [0.717, 1.165) is 23.1 Å². The normalized spacial score (nSPS) is 15.9. The van der Waals surface area contributed by atoms with Crippen LogP contribution in [-0.4, -0.2) is 31.9 Å². The average Bonchev–Trinajstić information content (AvgIpc) is 3.44. The number of rotatable bonds is 7. The topological polar surface area (TPSA) is 79.5 Å². The van der Waals surface area contributed by atoms with E-state index >= 15 is 0 Å². The summed E-state index contributed by atoms with van der Waals surface area (Å²) < 4.78 is 5.40. The zero-order chi connectivity index (χ0) is 23.5. The summed E-state index contributed by atoms with van der Waals surface area (Å²) in [6.07, 6.45) is 0.943. The second kappa shape index (κ2) is 9.31. The number of nitrogens with zero attached hydrogens (tertiary/aromatic N) is 4. The zero-order valence-electron chi connectivity index (χ0n) is 18.8. The quantitative estimate of drug-likeness (QED) is 0.369. The zero-order valence-corrected chi connectivity index (χ0v) is 18.8. The Morgan fingerprint density at radius 2 is 1.50 bits per heavy atom. The van der Waals surface area contributed by atoms with Gasteiger partial charge in [-0.3, -0.25) is 9.69 Å². The highest BCUT2D eigenvalue weighted by molar-refractivity contribution is 6.04. The lowest BCUT2D eigenvalue weighted by atomic mass is 10.1. The Hall–Kier alpha value is -4.26. The van der Waals surface area contributed by atoms with Crippen LogP contribution in [-0.2, 0) is 24.3 Å². The number of benzene rings is 3. The standard InChI is InChI=1S/C27H24N4O3/c1-2-19-13-15-22(16-14-19)25-28-23(34-29-25)18-31-26(32)24(21-11-7-4-8-12-21)30(27(31)33)17-20-9-5-3-6-10-20/h3-16,24H,2,17-18H2,1H3. The van der Waals surface area contributed by atoms with E-state index in [1.807, 2.05) is 84.9 Å². The third-order valence-electron chi connectivity index (χ3n) is 5.98. The number of imide groups is 1. The molecule has 1 fully saturated rings. The molecule has 34 heavy (non-hydrogen) atoms. The van der Waals surface area contributed by atoms with Crippen LogP contribution in [0.1, 0.15) is 35.5 Å². The van der Waals surface area contributed by atoms with E-state index < -0.39 is 6.04 Å². The van der Waals surface area contributed by atoms with E-state index in [-0.39, 0.29) is 24.4 Å². The van der Waals surface area contributed by atoms with Crippen LogP contribution in [0.4, 0.5) is 4.79 Å². The number of hydrogen-bond donors (Lipinski definition) is 0. The van der Waals surface area contributed by atoms with Gasteiger partial charge >= 0.3 is 6.03 Å². The molecule has 170 valence electrons. The molecule has 0 saturated carbocycles. The molecule has 1 atom stereocenters. The summed E-state index contributed by atoms with van der Waals surface area (Å²) in [7, 11) is 0. The molecule has 1 aliphatic heterocycles.